The van der Waals surface area contributed by atoms with Gasteiger partial charge in [-0.1, -0.05) is 11.6 Å². The lowest BCUT2D eigenvalue weighted by Gasteiger charge is -2.32. The van der Waals surface area contributed by atoms with Crippen molar-refractivity contribution >= 4 is 23.5 Å². The van der Waals surface area contributed by atoms with E-state index < -0.39 is 5.97 Å². The Morgan fingerprint density at radius 1 is 1.33 bits per heavy atom. The van der Waals surface area contributed by atoms with Gasteiger partial charge in [0.15, 0.2) is 0 Å². The molecule has 1 aliphatic rings. The standard InChI is InChI=1S/C16H17ClN4O3/c17-12-3-4-13(18-8-12)16(24)20-7-1-2-11(9-20)14-5-6-19-21(14)10-15(22)23/h3-6,8,11H,1-2,7,9-10H2,(H,22,23)/t11-/m1/s1. The summed E-state index contributed by atoms with van der Waals surface area (Å²) in [6, 6.07) is 5.08. The van der Waals surface area contributed by atoms with Gasteiger partial charge in [0, 0.05) is 37.1 Å². The second-order valence-electron chi connectivity index (χ2n) is 5.76. The molecule has 126 valence electrons. The number of nitrogens with zero attached hydrogens (tertiary/aromatic N) is 4. The molecule has 3 rings (SSSR count). The first kappa shape index (κ1) is 16.4. The predicted molar refractivity (Wildman–Crippen MR) is 87.0 cm³/mol. The highest BCUT2D eigenvalue weighted by Gasteiger charge is 2.28. The number of pyridine rings is 1. The average Bonchev–Trinajstić information content (AvgIpc) is 3.02. The molecule has 0 radical (unpaired) electrons. The Morgan fingerprint density at radius 2 is 2.17 bits per heavy atom. The fraction of sp³-hybridized carbons (Fsp3) is 0.375. The van der Waals surface area contributed by atoms with Crippen LogP contribution in [0, 0.1) is 0 Å². The van der Waals surface area contributed by atoms with E-state index in [1.807, 2.05) is 6.07 Å². The van der Waals surface area contributed by atoms with Gasteiger partial charge in [0.1, 0.15) is 12.2 Å². The van der Waals surface area contributed by atoms with Crippen molar-refractivity contribution in [3.63, 3.8) is 0 Å². The highest BCUT2D eigenvalue weighted by Crippen LogP contribution is 2.27. The number of piperidine rings is 1. The second-order valence-corrected chi connectivity index (χ2v) is 6.20. The van der Waals surface area contributed by atoms with Crippen molar-refractivity contribution in [2.75, 3.05) is 13.1 Å². The Bertz CT molecular complexity index is 744. The lowest BCUT2D eigenvalue weighted by Crippen LogP contribution is -2.40. The van der Waals surface area contributed by atoms with Crippen molar-refractivity contribution < 1.29 is 14.7 Å². The fourth-order valence-electron chi connectivity index (χ4n) is 3.02. The van der Waals surface area contributed by atoms with Gasteiger partial charge >= 0.3 is 5.97 Å². The molecule has 1 N–H and O–H groups in total. The van der Waals surface area contributed by atoms with Crippen LogP contribution in [0.1, 0.15) is 34.9 Å². The van der Waals surface area contributed by atoms with E-state index in [1.54, 1.807) is 23.2 Å². The molecule has 1 aliphatic heterocycles. The summed E-state index contributed by atoms with van der Waals surface area (Å²) in [4.78, 5) is 29.4. The lowest BCUT2D eigenvalue weighted by atomic mass is 9.94. The van der Waals surface area contributed by atoms with Crippen LogP contribution in [0.2, 0.25) is 5.02 Å². The van der Waals surface area contributed by atoms with Crippen LogP contribution in [-0.4, -0.2) is 49.7 Å². The molecule has 1 saturated heterocycles. The van der Waals surface area contributed by atoms with Crippen molar-refractivity contribution in [3.8, 4) is 0 Å². The SMILES string of the molecule is O=C(O)Cn1nccc1[C@@H]1CCCN(C(=O)c2ccc(Cl)cn2)C1. The maximum atomic E-state index is 12.6. The van der Waals surface area contributed by atoms with Gasteiger partial charge < -0.3 is 10.0 Å². The molecule has 3 heterocycles. The lowest BCUT2D eigenvalue weighted by molar-refractivity contribution is -0.137. The van der Waals surface area contributed by atoms with Gasteiger partial charge in [-0.15, -0.1) is 0 Å². The first-order valence-corrected chi connectivity index (χ1v) is 8.06. The highest BCUT2D eigenvalue weighted by molar-refractivity contribution is 6.30. The number of amides is 1. The average molecular weight is 349 g/mol. The van der Waals surface area contributed by atoms with E-state index in [9.17, 15) is 9.59 Å². The van der Waals surface area contributed by atoms with Crippen LogP contribution in [0.25, 0.3) is 0 Å². The van der Waals surface area contributed by atoms with Gasteiger partial charge in [0.2, 0.25) is 0 Å². The van der Waals surface area contributed by atoms with Gasteiger partial charge in [-0.05, 0) is 31.0 Å². The minimum Gasteiger partial charge on any atom is -0.480 e. The maximum Gasteiger partial charge on any atom is 0.325 e. The van der Waals surface area contributed by atoms with Crippen LogP contribution in [0.4, 0.5) is 0 Å². The third-order valence-electron chi connectivity index (χ3n) is 4.11. The molecule has 0 saturated carbocycles. The number of carboxylic acids is 1. The van der Waals surface area contributed by atoms with Crippen molar-refractivity contribution in [3.05, 3.63) is 47.0 Å². The summed E-state index contributed by atoms with van der Waals surface area (Å²) in [7, 11) is 0. The molecule has 7 nitrogen and oxygen atoms in total. The molecule has 1 amide bonds. The van der Waals surface area contributed by atoms with E-state index in [-0.39, 0.29) is 18.4 Å². The molecule has 0 aliphatic carbocycles. The monoisotopic (exact) mass is 348 g/mol. The molecule has 24 heavy (non-hydrogen) atoms. The number of likely N-dealkylation sites (tertiary alicyclic amines) is 1. The summed E-state index contributed by atoms with van der Waals surface area (Å²) in [5, 5.41) is 13.5. The molecular weight excluding hydrogens is 332 g/mol. The Balaban J connectivity index is 1.75. The molecule has 0 spiro atoms. The zero-order chi connectivity index (χ0) is 17.1. The minimum absolute atomic E-state index is 0.0665. The topological polar surface area (TPSA) is 88.3 Å². The van der Waals surface area contributed by atoms with Crippen molar-refractivity contribution in [1.29, 1.82) is 0 Å². The van der Waals surface area contributed by atoms with E-state index in [4.69, 9.17) is 16.7 Å². The summed E-state index contributed by atoms with van der Waals surface area (Å²) in [6.07, 6.45) is 4.79. The number of carbonyl (C=O) groups excluding carboxylic acids is 1. The summed E-state index contributed by atoms with van der Waals surface area (Å²) in [6.45, 7) is 1.01. The first-order valence-electron chi connectivity index (χ1n) is 7.69. The van der Waals surface area contributed by atoms with E-state index in [2.05, 4.69) is 10.1 Å². The summed E-state index contributed by atoms with van der Waals surface area (Å²) >= 11 is 5.81. The van der Waals surface area contributed by atoms with E-state index >= 15 is 0 Å². The van der Waals surface area contributed by atoms with Gasteiger partial charge in [0.25, 0.3) is 5.91 Å². The van der Waals surface area contributed by atoms with Crippen LogP contribution in [0.5, 0.6) is 0 Å². The quantitative estimate of drug-likeness (QED) is 0.913. The molecule has 1 fully saturated rings. The van der Waals surface area contributed by atoms with Gasteiger partial charge in [0.05, 0.1) is 5.02 Å². The number of rotatable bonds is 4. The molecule has 1 atom stereocenters. The molecule has 2 aromatic heterocycles. The number of aromatic nitrogens is 3. The molecule has 0 aromatic carbocycles. The molecular formula is C16H17ClN4O3. The van der Waals surface area contributed by atoms with Gasteiger partial charge in [-0.25, -0.2) is 4.98 Å². The van der Waals surface area contributed by atoms with Crippen molar-refractivity contribution in [2.45, 2.75) is 25.3 Å². The largest absolute Gasteiger partial charge is 0.480 e. The number of carboxylic acid groups (broad SMARTS) is 1. The number of halogens is 1. The third kappa shape index (κ3) is 3.56. The second kappa shape index (κ2) is 7.00. The molecule has 0 unspecified atom stereocenters. The van der Waals surface area contributed by atoms with Crippen LogP contribution >= 0.6 is 11.6 Å². The number of hydrogen-bond donors (Lipinski definition) is 1. The van der Waals surface area contributed by atoms with E-state index in [0.717, 1.165) is 18.5 Å². The van der Waals surface area contributed by atoms with Crippen LogP contribution in [0.15, 0.2) is 30.6 Å². The van der Waals surface area contributed by atoms with Crippen LogP contribution in [0.3, 0.4) is 0 Å². The normalized spacial score (nSPS) is 17.7. The zero-order valence-corrected chi connectivity index (χ0v) is 13.7. The van der Waals surface area contributed by atoms with E-state index in [0.29, 0.717) is 23.8 Å². The smallest absolute Gasteiger partial charge is 0.325 e. The summed E-state index contributed by atoms with van der Waals surface area (Å²) in [5.74, 6) is -1.01. The fourth-order valence-corrected chi connectivity index (χ4v) is 3.13. The Morgan fingerprint density at radius 3 is 2.88 bits per heavy atom. The zero-order valence-electron chi connectivity index (χ0n) is 12.9. The van der Waals surface area contributed by atoms with E-state index in [1.165, 1.54) is 10.9 Å². The summed E-state index contributed by atoms with van der Waals surface area (Å²) in [5.41, 5.74) is 1.21. The van der Waals surface area contributed by atoms with Gasteiger partial charge in [-0.3, -0.25) is 14.3 Å². The molecule has 0 bridgehead atoms. The molecule has 2 aromatic rings. The Hall–Kier alpha value is -2.41. The summed E-state index contributed by atoms with van der Waals surface area (Å²) < 4.78 is 1.49. The first-order chi connectivity index (χ1) is 11.5. The van der Waals surface area contributed by atoms with Gasteiger partial charge in [-0.2, -0.15) is 5.10 Å². The van der Waals surface area contributed by atoms with Crippen LogP contribution in [-0.2, 0) is 11.3 Å². The third-order valence-corrected chi connectivity index (χ3v) is 4.33. The minimum atomic E-state index is -0.936. The number of aliphatic carboxylic acids is 1. The Kier molecular flexibility index (Phi) is 4.80. The maximum absolute atomic E-state index is 12.6. The number of carbonyl (C=O) groups is 2. The number of hydrogen-bond acceptors (Lipinski definition) is 4. The van der Waals surface area contributed by atoms with Crippen molar-refractivity contribution in [1.82, 2.24) is 19.7 Å². The van der Waals surface area contributed by atoms with Crippen LogP contribution < -0.4 is 0 Å². The molecule has 8 heteroatoms. The Labute approximate surface area is 143 Å². The van der Waals surface area contributed by atoms with Crippen molar-refractivity contribution in [2.24, 2.45) is 0 Å². The predicted octanol–water partition coefficient (Wildman–Crippen LogP) is 2.04. The highest BCUT2D eigenvalue weighted by atomic mass is 35.5.